The molecule has 0 aliphatic rings. The van der Waals surface area contributed by atoms with Gasteiger partial charge in [-0.25, -0.2) is 13.1 Å². The van der Waals surface area contributed by atoms with E-state index in [1.165, 1.54) is 36.4 Å². The Morgan fingerprint density at radius 3 is 2.33 bits per heavy atom. The highest BCUT2D eigenvalue weighted by atomic mass is 32.2. The summed E-state index contributed by atoms with van der Waals surface area (Å²) in [5.74, 6) is -0.292. The highest BCUT2D eigenvalue weighted by molar-refractivity contribution is 7.89. The molecule has 124 valence electrons. The van der Waals surface area contributed by atoms with Crippen LogP contribution in [0.15, 0.2) is 78.2 Å². The summed E-state index contributed by atoms with van der Waals surface area (Å²) in [6.45, 7) is 3.62. The third kappa shape index (κ3) is 5.19. The van der Waals surface area contributed by atoms with E-state index in [-0.39, 0.29) is 17.3 Å². The van der Waals surface area contributed by atoms with E-state index in [4.69, 9.17) is 0 Å². The number of hydrogen-bond donors (Lipinski definition) is 2. The second kappa shape index (κ2) is 8.24. The number of carbonyl (C=O) groups excluding carboxylic acids is 1. The molecule has 5 nitrogen and oxygen atoms in total. The van der Waals surface area contributed by atoms with Crippen molar-refractivity contribution in [3.05, 3.63) is 78.9 Å². The van der Waals surface area contributed by atoms with Crippen LogP contribution in [0.3, 0.4) is 0 Å². The molecule has 2 aromatic rings. The van der Waals surface area contributed by atoms with Gasteiger partial charge in [0.15, 0.2) is 0 Å². The lowest BCUT2D eigenvalue weighted by Gasteiger charge is -2.06. The van der Waals surface area contributed by atoms with Crippen molar-refractivity contribution in [3.63, 3.8) is 0 Å². The normalized spacial score (nSPS) is 11.3. The Bertz CT molecular complexity index is 826. The summed E-state index contributed by atoms with van der Waals surface area (Å²) in [5.41, 5.74) is 1.43. The molecule has 0 saturated carbocycles. The van der Waals surface area contributed by atoms with Crippen LogP contribution in [-0.2, 0) is 14.8 Å². The molecule has 0 aliphatic carbocycles. The molecule has 0 heterocycles. The maximum atomic E-state index is 11.9. The first-order valence-electron chi connectivity index (χ1n) is 7.26. The Labute approximate surface area is 141 Å². The first-order valence-corrected chi connectivity index (χ1v) is 8.74. The average Bonchev–Trinajstić information content (AvgIpc) is 2.60. The molecule has 2 N–H and O–H groups in total. The number of nitrogens with one attached hydrogen (secondary N) is 2. The topological polar surface area (TPSA) is 75.3 Å². The first-order chi connectivity index (χ1) is 11.5. The van der Waals surface area contributed by atoms with Gasteiger partial charge in [0.25, 0.3) is 0 Å². The minimum atomic E-state index is -3.56. The van der Waals surface area contributed by atoms with E-state index in [2.05, 4.69) is 16.6 Å². The zero-order valence-corrected chi connectivity index (χ0v) is 13.8. The molecular formula is C18H18N2O3S. The Balaban J connectivity index is 2.00. The lowest BCUT2D eigenvalue weighted by atomic mass is 10.2. The lowest BCUT2D eigenvalue weighted by Crippen LogP contribution is -2.23. The molecule has 0 aromatic heterocycles. The van der Waals surface area contributed by atoms with Gasteiger partial charge in [0.2, 0.25) is 15.9 Å². The molecule has 0 unspecified atom stereocenters. The molecule has 0 saturated heterocycles. The number of sulfonamides is 1. The Kier molecular flexibility index (Phi) is 6.06. The minimum Gasteiger partial charge on any atom is -0.323 e. The zero-order valence-electron chi connectivity index (χ0n) is 13.0. The SMILES string of the molecule is C=CCNS(=O)(=O)c1ccc(NC(=O)C=Cc2ccccc2)cc1. The van der Waals surface area contributed by atoms with Crippen LogP contribution in [0.1, 0.15) is 5.56 Å². The number of carbonyl (C=O) groups is 1. The number of anilines is 1. The second-order valence-electron chi connectivity index (χ2n) is 4.90. The molecule has 1 amide bonds. The van der Waals surface area contributed by atoms with Gasteiger partial charge in [0, 0.05) is 18.3 Å². The van der Waals surface area contributed by atoms with Crippen molar-refractivity contribution in [1.29, 1.82) is 0 Å². The smallest absolute Gasteiger partial charge is 0.248 e. The Hall–Kier alpha value is -2.70. The predicted molar refractivity (Wildman–Crippen MR) is 95.9 cm³/mol. The fourth-order valence-electron chi connectivity index (χ4n) is 1.89. The van der Waals surface area contributed by atoms with Gasteiger partial charge in [0.1, 0.15) is 0 Å². The van der Waals surface area contributed by atoms with Crippen LogP contribution in [0.2, 0.25) is 0 Å². The molecule has 2 rings (SSSR count). The summed E-state index contributed by atoms with van der Waals surface area (Å²) in [6, 6.07) is 15.4. The molecule has 0 aliphatic heterocycles. The van der Waals surface area contributed by atoms with Crippen molar-refractivity contribution >= 4 is 27.7 Å². The van der Waals surface area contributed by atoms with Crippen molar-refractivity contribution < 1.29 is 13.2 Å². The third-order valence-electron chi connectivity index (χ3n) is 3.08. The first kappa shape index (κ1) is 17.7. The summed E-state index contributed by atoms with van der Waals surface area (Å²) in [6.07, 6.45) is 4.59. The van der Waals surface area contributed by atoms with E-state index < -0.39 is 10.0 Å². The van der Waals surface area contributed by atoms with Gasteiger partial charge < -0.3 is 5.32 Å². The molecule has 0 fully saturated rings. The maximum Gasteiger partial charge on any atom is 0.248 e. The maximum absolute atomic E-state index is 11.9. The van der Waals surface area contributed by atoms with Gasteiger partial charge in [-0.05, 0) is 35.9 Å². The van der Waals surface area contributed by atoms with E-state index in [0.717, 1.165) is 5.56 Å². The van der Waals surface area contributed by atoms with Crippen LogP contribution in [0.5, 0.6) is 0 Å². The number of amides is 1. The van der Waals surface area contributed by atoms with E-state index in [1.54, 1.807) is 6.08 Å². The van der Waals surface area contributed by atoms with E-state index in [1.807, 2.05) is 30.3 Å². The van der Waals surface area contributed by atoms with Crippen molar-refractivity contribution in [2.24, 2.45) is 0 Å². The van der Waals surface area contributed by atoms with E-state index >= 15 is 0 Å². The number of hydrogen-bond acceptors (Lipinski definition) is 3. The molecule has 0 radical (unpaired) electrons. The van der Waals surface area contributed by atoms with Crippen molar-refractivity contribution in [2.45, 2.75) is 4.90 Å². The predicted octanol–water partition coefficient (Wildman–Crippen LogP) is 2.80. The molecule has 2 aromatic carbocycles. The molecule has 0 spiro atoms. The van der Waals surface area contributed by atoms with Crippen LogP contribution in [-0.4, -0.2) is 20.9 Å². The standard InChI is InChI=1S/C18H18N2O3S/c1-2-14-19-24(22,23)17-11-9-16(10-12-17)20-18(21)13-8-15-6-4-3-5-7-15/h2-13,19H,1,14H2,(H,20,21). The van der Waals surface area contributed by atoms with Gasteiger partial charge in [-0.1, -0.05) is 36.4 Å². The lowest BCUT2D eigenvalue weighted by molar-refractivity contribution is -0.111. The fourth-order valence-corrected chi connectivity index (χ4v) is 2.89. The summed E-state index contributed by atoms with van der Waals surface area (Å²) >= 11 is 0. The van der Waals surface area contributed by atoms with Gasteiger partial charge in [-0.15, -0.1) is 6.58 Å². The van der Waals surface area contributed by atoms with Crippen molar-refractivity contribution in [1.82, 2.24) is 4.72 Å². The molecule has 6 heteroatoms. The average molecular weight is 342 g/mol. The number of rotatable bonds is 7. The highest BCUT2D eigenvalue weighted by Gasteiger charge is 2.12. The van der Waals surface area contributed by atoms with Crippen molar-refractivity contribution in [2.75, 3.05) is 11.9 Å². The Morgan fingerprint density at radius 1 is 1.04 bits per heavy atom. The van der Waals surface area contributed by atoms with Crippen LogP contribution < -0.4 is 10.0 Å². The number of benzene rings is 2. The van der Waals surface area contributed by atoms with Crippen LogP contribution in [0.4, 0.5) is 5.69 Å². The van der Waals surface area contributed by atoms with Crippen molar-refractivity contribution in [3.8, 4) is 0 Å². The quantitative estimate of drug-likeness (QED) is 0.600. The van der Waals surface area contributed by atoms with Crippen LogP contribution >= 0.6 is 0 Å². The van der Waals surface area contributed by atoms with Gasteiger partial charge in [-0.3, -0.25) is 4.79 Å². The second-order valence-corrected chi connectivity index (χ2v) is 6.67. The molecule has 0 bridgehead atoms. The monoisotopic (exact) mass is 342 g/mol. The molecular weight excluding hydrogens is 324 g/mol. The van der Waals surface area contributed by atoms with Gasteiger partial charge in [0.05, 0.1) is 4.90 Å². The highest BCUT2D eigenvalue weighted by Crippen LogP contribution is 2.14. The fraction of sp³-hybridized carbons (Fsp3) is 0.0556. The summed E-state index contributed by atoms with van der Waals surface area (Å²) < 4.78 is 26.2. The minimum absolute atomic E-state index is 0.127. The largest absolute Gasteiger partial charge is 0.323 e. The van der Waals surface area contributed by atoms with Crippen LogP contribution in [0, 0.1) is 0 Å². The third-order valence-corrected chi connectivity index (χ3v) is 4.52. The molecule has 0 atom stereocenters. The summed E-state index contributed by atoms with van der Waals surface area (Å²) in [5, 5.41) is 2.68. The Morgan fingerprint density at radius 2 is 1.71 bits per heavy atom. The van der Waals surface area contributed by atoms with Gasteiger partial charge in [-0.2, -0.15) is 0 Å². The van der Waals surface area contributed by atoms with E-state index in [0.29, 0.717) is 5.69 Å². The van der Waals surface area contributed by atoms with Crippen LogP contribution in [0.25, 0.3) is 6.08 Å². The summed E-state index contributed by atoms with van der Waals surface area (Å²) in [4.78, 5) is 12.0. The summed E-state index contributed by atoms with van der Waals surface area (Å²) in [7, 11) is -3.56. The molecule has 24 heavy (non-hydrogen) atoms. The van der Waals surface area contributed by atoms with Gasteiger partial charge >= 0.3 is 0 Å². The van der Waals surface area contributed by atoms with E-state index in [9.17, 15) is 13.2 Å². The zero-order chi connectivity index (χ0) is 17.4.